The van der Waals surface area contributed by atoms with E-state index in [1.54, 1.807) is 24.0 Å². The van der Waals surface area contributed by atoms with Crippen molar-refractivity contribution >= 4 is 17.5 Å². The fraction of sp³-hybridized carbons (Fsp3) is 0.417. The van der Waals surface area contributed by atoms with E-state index in [0.717, 1.165) is 29.7 Å². The molecule has 6 heteroatoms. The number of rotatable bonds is 6. The number of carbonyl (C=O) groups is 2. The summed E-state index contributed by atoms with van der Waals surface area (Å²) in [5.41, 5.74) is 4.11. The average molecular weight is 412 g/mol. The summed E-state index contributed by atoms with van der Waals surface area (Å²) in [5, 5.41) is 3.10. The first-order chi connectivity index (χ1) is 14.4. The van der Waals surface area contributed by atoms with Crippen LogP contribution in [0.4, 0.5) is 10.1 Å². The molecular formula is C24H30FN3O2. The van der Waals surface area contributed by atoms with Gasteiger partial charge in [-0.2, -0.15) is 0 Å². The molecule has 0 atom stereocenters. The highest BCUT2D eigenvalue weighted by molar-refractivity contribution is 5.95. The van der Waals surface area contributed by atoms with E-state index < -0.39 is 0 Å². The molecule has 1 aliphatic heterocycles. The maximum absolute atomic E-state index is 13.8. The Kier molecular flexibility index (Phi) is 7.21. The number of carbonyl (C=O) groups excluding carboxylic acids is 2. The molecule has 5 nitrogen and oxygen atoms in total. The van der Waals surface area contributed by atoms with Gasteiger partial charge in [0.2, 0.25) is 5.91 Å². The van der Waals surface area contributed by atoms with Crippen molar-refractivity contribution < 1.29 is 14.0 Å². The van der Waals surface area contributed by atoms with E-state index in [2.05, 4.69) is 24.1 Å². The number of piperazine rings is 1. The summed E-state index contributed by atoms with van der Waals surface area (Å²) in [6.07, 6.45) is 1.73. The third-order valence-corrected chi connectivity index (χ3v) is 5.71. The standard InChI is InChI=1S/C24H30FN3O2/c1-4-18-7-6-8-19(5-2)23(18)26-22(29)16-27-11-13-28(14-12-27)24(30)20-10-9-17(3)21(25)15-20/h6-10,15H,4-5,11-14,16H2,1-3H3,(H,26,29). The van der Waals surface area contributed by atoms with Gasteiger partial charge in [-0.15, -0.1) is 0 Å². The molecule has 1 aliphatic rings. The quantitative estimate of drug-likeness (QED) is 0.789. The van der Waals surface area contributed by atoms with Crippen LogP contribution in [0.15, 0.2) is 36.4 Å². The normalized spacial score (nSPS) is 14.6. The minimum absolute atomic E-state index is 0.0361. The van der Waals surface area contributed by atoms with Crippen molar-refractivity contribution in [2.24, 2.45) is 0 Å². The Morgan fingerprint density at radius 2 is 1.63 bits per heavy atom. The number of hydrogen-bond acceptors (Lipinski definition) is 3. The second kappa shape index (κ2) is 9.85. The summed E-state index contributed by atoms with van der Waals surface area (Å²) in [7, 11) is 0. The van der Waals surface area contributed by atoms with Gasteiger partial charge >= 0.3 is 0 Å². The molecule has 0 bridgehead atoms. The molecule has 30 heavy (non-hydrogen) atoms. The Balaban J connectivity index is 1.55. The third-order valence-electron chi connectivity index (χ3n) is 5.71. The molecule has 0 aromatic heterocycles. The maximum Gasteiger partial charge on any atom is 0.254 e. The van der Waals surface area contributed by atoms with Gasteiger partial charge in [-0.05, 0) is 48.6 Å². The zero-order chi connectivity index (χ0) is 21.7. The number of hydrogen-bond donors (Lipinski definition) is 1. The van der Waals surface area contributed by atoms with Crippen LogP contribution in [0.1, 0.15) is 40.9 Å². The molecule has 1 saturated heterocycles. The molecule has 160 valence electrons. The molecule has 0 radical (unpaired) electrons. The smallest absolute Gasteiger partial charge is 0.254 e. The molecule has 2 aromatic rings. The van der Waals surface area contributed by atoms with Crippen LogP contribution in [0.25, 0.3) is 0 Å². The Hall–Kier alpha value is -2.73. The van der Waals surface area contributed by atoms with E-state index in [1.165, 1.54) is 6.07 Å². The van der Waals surface area contributed by atoms with Crippen molar-refractivity contribution in [3.63, 3.8) is 0 Å². The monoisotopic (exact) mass is 411 g/mol. The lowest BCUT2D eigenvalue weighted by atomic mass is 10.0. The van der Waals surface area contributed by atoms with Crippen molar-refractivity contribution in [2.45, 2.75) is 33.6 Å². The van der Waals surface area contributed by atoms with Crippen molar-refractivity contribution in [3.8, 4) is 0 Å². The second-order valence-electron chi connectivity index (χ2n) is 7.74. The van der Waals surface area contributed by atoms with Crippen LogP contribution in [0.3, 0.4) is 0 Å². The summed E-state index contributed by atoms with van der Waals surface area (Å²) < 4.78 is 13.8. The van der Waals surface area contributed by atoms with Crippen LogP contribution in [-0.2, 0) is 17.6 Å². The van der Waals surface area contributed by atoms with Gasteiger partial charge < -0.3 is 10.2 Å². The average Bonchev–Trinajstić information content (AvgIpc) is 2.75. The highest BCUT2D eigenvalue weighted by Gasteiger charge is 2.24. The largest absolute Gasteiger partial charge is 0.336 e. The van der Waals surface area contributed by atoms with E-state index in [1.807, 2.05) is 18.2 Å². The Morgan fingerprint density at radius 3 is 2.20 bits per heavy atom. The fourth-order valence-electron chi connectivity index (χ4n) is 3.80. The number of anilines is 1. The van der Waals surface area contributed by atoms with E-state index in [0.29, 0.717) is 43.9 Å². The predicted molar refractivity (Wildman–Crippen MR) is 117 cm³/mol. The zero-order valence-corrected chi connectivity index (χ0v) is 18.0. The molecule has 1 fully saturated rings. The van der Waals surface area contributed by atoms with Crippen LogP contribution in [0.5, 0.6) is 0 Å². The molecule has 2 amide bonds. The summed E-state index contributed by atoms with van der Waals surface area (Å²) >= 11 is 0. The Bertz CT molecular complexity index is 898. The summed E-state index contributed by atoms with van der Waals surface area (Å²) in [6.45, 7) is 8.41. The molecule has 0 spiro atoms. The van der Waals surface area contributed by atoms with Gasteiger partial charge in [-0.25, -0.2) is 4.39 Å². The van der Waals surface area contributed by atoms with Gasteiger partial charge in [-0.1, -0.05) is 38.1 Å². The number of nitrogens with zero attached hydrogens (tertiary/aromatic N) is 2. The van der Waals surface area contributed by atoms with Gasteiger partial charge in [0, 0.05) is 37.4 Å². The van der Waals surface area contributed by atoms with Crippen molar-refractivity contribution in [1.29, 1.82) is 0 Å². The predicted octanol–water partition coefficient (Wildman–Crippen LogP) is 3.66. The van der Waals surface area contributed by atoms with Crippen LogP contribution >= 0.6 is 0 Å². The van der Waals surface area contributed by atoms with E-state index >= 15 is 0 Å². The number of aryl methyl sites for hydroxylation is 3. The van der Waals surface area contributed by atoms with E-state index in [-0.39, 0.29) is 17.6 Å². The summed E-state index contributed by atoms with van der Waals surface area (Å²) in [4.78, 5) is 29.1. The van der Waals surface area contributed by atoms with Gasteiger partial charge in [0.05, 0.1) is 6.54 Å². The zero-order valence-electron chi connectivity index (χ0n) is 18.0. The first kappa shape index (κ1) is 22.0. The van der Waals surface area contributed by atoms with Crippen LogP contribution < -0.4 is 5.32 Å². The SMILES string of the molecule is CCc1cccc(CC)c1NC(=O)CN1CCN(C(=O)c2ccc(C)c(F)c2)CC1. The van der Waals surface area contributed by atoms with Crippen LogP contribution in [-0.4, -0.2) is 54.3 Å². The Labute approximate surface area is 177 Å². The molecule has 0 saturated carbocycles. The van der Waals surface area contributed by atoms with E-state index in [4.69, 9.17) is 0 Å². The number of nitrogens with one attached hydrogen (secondary N) is 1. The highest BCUT2D eigenvalue weighted by Crippen LogP contribution is 2.22. The van der Waals surface area contributed by atoms with Gasteiger partial charge in [-0.3, -0.25) is 14.5 Å². The summed E-state index contributed by atoms with van der Waals surface area (Å²) in [5.74, 6) is -0.566. The maximum atomic E-state index is 13.8. The minimum Gasteiger partial charge on any atom is -0.336 e. The van der Waals surface area contributed by atoms with Crippen molar-refractivity contribution in [1.82, 2.24) is 9.80 Å². The topological polar surface area (TPSA) is 52.7 Å². The molecular weight excluding hydrogens is 381 g/mol. The third kappa shape index (κ3) is 5.05. The minimum atomic E-state index is -0.366. The summed E-state index contributed by atoms with van der Waals surface area (Å²) in [6, 6.07) is 10.7. The van der Waals surface area contributed by atoms with Crippen molar-refractivity contribution in [3.05, 3.63) is 64.5 Å². The first-order valence-electron chi connectivity index (χ1n) is 10.6. The van der Waals surface area contributed by atoms with Gasteiger partial charge in [0.25, 0.3) is 5.91 Å². The van der Waals surface area contributed by atoms with Gasteiger partial charge in [0.15, 0.2) is 0 Å². The molecule has 2 aromatic carbocycles. The molecule has 0 aliphatic carbocycles. The first-order valence-corrected chi connectivity index (χ1v) is 10.6. The lowest BCUT2D eigenvalue weighted by Gasteiger charge is -2.34. The lowest BCUT2D eigenvalue weighted by Crippen LogP contribution is -2.50. The van der Waals surface area contributed by atoms with E-state index in [9.17, 15) is 14.0 Å². The molecule has 3 rings (SSSR count). The number of amides is 2. The molecule has 1 N–H and O–H groups in total. The fourth-order valence-corrected chi connectivity index (χ4v) is 3.80. The second-order valence-corrected chi connectivity index (χ2v) is 7.74. The van der Waals surface area contributed by atoms with Crippen molar-refractivity contribution in [2.75, 3.05) is 38.0 Å². The Morgan fingerprint density at radius 1 is 1.00 bits per heavy atom. The highest BCUT2D eigenvalue weighted by atomic mass is 19.1. The van der Waals surface area contributed by atoms with Crippen LogP contribution in [0.2, 0.25) is 0 Å². The van der Waals surface area contributed by atoms with Gasteiger partial charge in [0.1, 0.15) is 5.82 Å². The van der Waals surface area contributed by atoms with Crippen LogP contribution in [0, 0.1) is 12.7 Å². The molecule has 0 unspecified atom stereocenters. The number of para-hydroxylation sites is 1. The number of halogens is 1. The lowest BCUT2D eigenvalue weighted by molar-refractivity contribution is -0.117. The molecule has 1 heterocycles. The number of benzene rings is 2.